The minimum absolute atomic E-state index is 0.453. The molecule has 4 aromatic rings. The molecule has 30 heavy (non-hydrogen) atoms. The van der Waals surface area contributed by atoms with Gasteiger partial charge in [-0.2, -0.15) is 0 Å². The molecule has 6 nitrogen and oxygen atoms in total. The van der Waals surface area contributed by atoms with Crippen molar-refractivity contribution in [3.63, 3.8) is 0 Å². The number of aromatic nitrogens is 3. The van der Waals surface area contributed by atoms with E-state index < -0.39 is 5.60 Å². The fraction of sp³-hybridized carbons (Fsp3) is 0.333. The van der Waals surface area contributed by atoms with E-state index in [4.69, 9.17) is 4.74 Å². The van der Waals surface area contributed by atoms with Gasteiger partial charge in [-0.3, -0.25) is 0 Å². The van der Waals surface area contributed by atoms with E-state index in [1.54, 1.807) is 13.4 Å². The molecule has 2 aromatic carbocycles. The number of methoxy groups -OCH3 is 1. The maximum atomic E-state index is 10.4. The summed E-state index contributed by atoms with van der Waals surface area (Å²) >= 11 is 0. The van der Waals surface area contributed by atoms with E-state index in [2.05, 4.69) is 45.7 Å². The van der Waals surface area contributed by atoms with E-state index in [1.807, 2.05) is 30.5 Å². The topological polar surface area (TPSA) is 72.2 Å². The van der Waals surface area contributed by atoms with Crippen molar-refractivity contribution in [2.45, 2.75) is 44.9 Å². The number of ether oxygens (including phenoxy) is 1. The van der Waals surface area contributed by atoms with Crippen LogP contribution in [0.1, 0.15) is 26.7 Å². The number of hydrogen-bond donors (Lipinski definition) is 2. The Morgan fingerprint density at radius 3 is 2.63 bits per heavy atom. The Kier molecular flexibility index (Phi) is 4.40. The normalized spacial score (nSPS) is 14.4. The molecule has 1 saturated carbocycles. The molecule has 0 unspecified atom stereocenters. The third-order valence-electron chi connectivity index (χ3n) is 5.49. The van der Waals surface area contributed by atoms with Gasteiger partial charge in [0.2, 0.25) is 0 Å². The lowest BCUT2D eigenvalue weighted by Crippen LogP contribution is -2.25. The Bertz CT molecular complexity index is 1240. The molecular weight excluding hydrogens is 376 g/mol. The van der Waals surface area contributed by atoms with E-state index >= 15 is 0 Å². The predicted molar refractivity (Wildman–Crippen MR) is 120 cm³/mol. The van der Waals surface area contributed by atoms with Gasteiger partial charge in [-0.1, -0.05) is 18.2 Å². The van der Waals surface area contributed by atoms with Gasteiger partial charge >= 0.3 is 0 Å². The molecule has 6 heteroatoms. The summed E-state index contributed by atoms with van der Waals surface area (Å²) in [5, 5.41) is 17.3. The molecule has 2 N–H and O–H groups in total. The van der Waals surface area contributed by atoms with Crippen molar-refractivity contribution in [3.05, 3.63) is 48.9 Å². The first-order valence-electron chi connectivity index (χ1n) is 10.3. The predicted octanol–water partition coefficient (Wildman–Crippen LogP) is 4.61. The highest BCUT2D eigenvalue weighted by atomic mass is 16.5. The minimum Gasteiger partial charge on any atom is -0.497 e. The first-order chi connectivity index (χ1) is 14.4. The molecule has 1 fully saturated rings. The van der Waals surface area contributed by atoms with Crippen LogP contribution in [0.15, 0.2) is 48.9 Å². The molecule has 0 aliphatic heterocycles. The van der Waals surface area contributed by atoms with Gasteiger partial charge in [0, 0.05) is 17.8 Å². The summed E-state index contributed by atoms with van der Waals surface area (Å²) in [6, 6.07) is 13.0. The lowest BCUT2D eigenvalue weighted by molar-refractivity contribution is 0.0627. The van der Waals surface area contributed by atoms with E-state index in [0.717, 1.165) is 44.5 Å². The van der Waals surface area contributed by atoms with Crippen molar-refractivity contribution in [3.8, 4) is 16.9 Å². The maximum Gasteiger partial charge on any atom is 0.146 e. The second-order valence-electron chi connectivity index (χ2n) is 8.75. The highest BCUT2D eigenvalue weighted by Gasteiger charge is 2.25. The maximum absolute atomic E-state index is 10.4. The Labute approximate surface area is 175 Å². The van der Waals surface area contributed by atoms with Crippen LogP contribution in [0.5, 0.6) is 5.75 Å². The zero-order valence-corrected chi connectivity index (χ0v) is 17.5. The molecule has 2 heterocycles. The smallest absolute Gasteiger partial charge is 0.146 e. The quantitative estimate of drug-likeness (QED) is 0.493. The van der Waals surface area contributed by atoms with Crippen LogP contribution in [-0.4, -0.2) is 38.4 Å². The van der Waals surface area contributed by atoms with E-state index in [9.17, 15) is 5.11 Å². The van der Waals surface area contributed by atoms with Crippen LogP contribution < -0.4 is 10.1 Å². The molecule has 154 valence electrons. The van der Waals surface area contributed by atoms with Crippen LogP contribution in [0.2, 0.25) is 0 Å². The van der Waals surface area contributed by atoms with Crippen molar-refractivity contribution in [1.29, 1.82) is 0 Å². The fourth-order valence-corrected chi connectivity index (χ4v) is 3.93. The zero-order chi connectivity index (χ0) is 20.9. The van der Waals surface area contributed by atoms with E-state index in [0.29, 0.717) is 12.6 Å². The first-order valence-corrected chi connectivity index (χ1v) is 10.3. The standard InChI is InChI=1S/C24H26N4O2/c1-24(2,29)13-28-12-20(21-22(27-18-7-8-18)25-14-26-23(21)28)17-5-4-16-11-19(30-3)9-6-15(16)10-17/h4-6,9-12,14,18,29H,7-8,13H2,1-3H3,(H,25,26,27). The highest BCUT2D eigenvalue weighted by molar-refractivity contribution is 6.03. The molecule has 0 radical (unpaired) electrons. The number of aliphatic hydroxyl groups is 1. The van der Waals surface area contributed by atoms with Crippen LogP contribution in [0.25, 0.3) is 32.9 Å². The van der Waals surface area contributed by atoms with Gasteiger partial charge in [0.15, 0.2) is 0 Å². The summed E-state index contributed by atoms with van der Waals surface area (Å²) in [6.45, 7) is 4.08. The van der Waals surface area contributed by atoms with Crippen molar-refractivity contribution in [1.82, 2.24) is 14.5 Å². The van der Waals surface area contributed by atoms with Gasteiger partial charge in [-0.05, 0) is 61.2 Å². The molecule has 0 saturated heterocycles. The Balaban J connectivity index is 1.69. The Morgan fingerprint density at radius 1 is 1.13 bits per heavy atom. The number of hydrogen-bond acceptors (Lipinski definition) is 5. The third-order valence-corrected chi connectivity index (χ3v) is 5.49. The monoisotopic (exact) mass is 402 g/mol. The summed E-state index contributed by atoms with van der Waals surface area (Å²) in [5.41, 5.74) is 2.15. The van der Waals surface area contributed by atoms with E-state index in [-0.39, 0.29) is 0 Å². The van der Waals surface area contributed by atoms with Gasteiger partial charge < -0.3 is 19.7 Å². The third kappa shape index (κ3) is 3.59. The van der Waals surface area contributed by atoms with Crippen molar-refractivity contribution in [2.75, 3.05) is 12.4 Å². The van der Waals surface area contributed by atoms with Crippen LogP contribution in [-0.2, 0) is 6.54 Å². The van der Waals surface area contributed by atoms with Gasteiger partial charge in [0.25, 0.3) is 0 Å². The molecule has 0 bridgehead atoms. The largest absolute Gasteiger partial charge is 0.497 e. The molecule has 0 atom stereocenters. The molecule has 5 rings (SSSR count). The Morgan fingerprint density at radius 2 is 1.90 bits per heavy atom. The number of anilines is 1. The summed E-state index contributed by atoms with van der Waals surface area (Å²) in [4.78, 5) is 9.12. The second kappa shape index (κ2) is 6.99. The number of nitrogens with zero attached hydrogens (tertiary/aromatic N) is 3. The van der Waals surface area contributed by atoms with Crippen LogP contribution in [0.3, 0.4) is 0 Å². The second-order valence-corrected chi connectivity index (χ2v) is 8.75. The van der Waals surface area contributed by atoms with Gasteiger partial charge in [-0.15, -0.1) is 0 Å². The minimum atomic E-state index is -0.849. The first kappa shape index (κ1) is 18.9. The zero-order valence-electron chi connectivity index (χ0n) is 17.5. The van der Waals surface area contributed by atoms with Crippen LogP contribution in [0.4, 0.5) is 5.82 Å². The number of benzene rings is 2. The van der Waals surface area contributed by atoms with Crippen molar-refractivity contribution in [2.24, 2.45) is 0 Å². The van der Waals surface area contributed by atoms with E-state index in [1.165, 1.54) is 12.8 Å². The number of fused-ring (bicyclic) bond motifs is 2. The fourth-order valence-electron chi connectivity index (χ4n) is 3.93. The molecule has 1 aliphatic carbocycles. The molecular formula is C24H26N4O2. The average molecular weight is 402 g/mol. The average Bonchev–Trinajstić information content (AvgIpc) is 3.46. The van der Waals surface area contributed by atoms with Crippen LogP contribution >= 0.6 is 0 Å². The SMILES string of the molecule is COc1ccc2cc(-c3cn(CC(C)(C)O)c4ncnc(NC5CC5)c34)ccc2c1. The van der Waals surface area contributed by atoms with Crippen molar-refractivity contribution >= 4 is 27.6 Å². The van der Waals surface area contributed by atoms with Gasteiger partial charge in [0.1, 0.15) is 23.5 Å². The van der Waals surface area contributed by atoms with Gasteiger partial charge in [-0.25, -0.2) is 9.97 Å². The number of rotatable bonds is 6. The summed E-state index contributed by atoms with van der Waals surface area (Å²) in [7, 11) is 1.68. The van der Waals surface area contributed by atoms with Crippen molar-refractivity contribution < 1.29 is 9.84 Å². The lowest BCUT2D eigenvalue weighted by Gasteiger charge is -2.18. The molecule has 0 amide bonds. The number of nitrogens with one attached hydrogen (secondary N) is 1. The summed E-state index contributed by atoms with van der Waals surface area (Å²) in [5.74, 6) is 1.71. The van der Waals surface area contributed by atoms with Crippen LogP contribution in [0, 0.1) is 0 Å². The Hall–Kier alpha value is -3.12. The molecule has 2 aromatic heterocycles. The summed E-state index contributed by atoms with van der Waals surface area (Å²) < 4.78 is 7.38. The summed E-state index contributed by atoms with van der Waals surface area (Å²) in [6.07, 6.45) is 6.02. The van der Waals surface area contributed by atoms with Gasteiger partial charge in [0.05, 0.1) is 24.6 Å². The lowest BCUT2D eigenvalue weighted by atomic mass is 10.0. The molecule has 1 aliphatic rings. The molecule has 0 spiro atoms. The highest BCUT2D eigenvalue weighted by Crippen LogP contribution is 2.37.